The maximum Gasteiger partial charge on any atom is 0.198 e. The third kappa shape index (κ3) is 3.60. The quantitative estimate of drug-likeness (QED) is 0.350. The Kier molecular flexibility index (Phi) is 5.53. The molecule has 2 unspecified atom stereocenters. The summed E-state index contributed by atoms with van der Waals surface area (Å²) in [6.45, 7) is 0. The van der Waals surface area contributed by atoms with Crippen LogP contribution in [0.5, 0.6) is 0 Å². The van der Waals surface area contributed by atoms with E-state index in [1.807, 2.05) is 73.6 Å². The molecule has 1 aromatic carbocycles. The Morgan fingerprint density at radius 3 is 2.48 bits per heavy atom. The van der Waals surface area contributed by atoms with Gasteiger partial charge in [-0.05, 0) is 32.3 Å². The molecule has 2 rings (SSSR count). The number of rotatable bonds is 6. The Balaban J connectivity index is 2.17. The van der Waals surface area contributed by atoms with Crippen molar-refractivity contribution in [1.29, 1.82) is 0 Å². The van der Waals surface area contributed by atoms with Gasteiger partial charge in [-0.15, -0.1) is 0 Å². The molecule has 1 aliphatic carbocycles. The second kappa shape index (κ2) is 7.40. The first-order valence-corrected chi connectivity index (χ1v) is 7.49. The molecule has 4 nitrogen and oxygen atoms in total. The lowest BCUT2D eigenvalue weighted by atomic mass is 9.94. The van der Waals surface area contributed by atoms with Crippen LogP contribution in [0.3, 0.4) is 0 Å². The minimum atomic E-state index is -0.706. The summed E-state index contributed by atoms with van der Waals surface area (Å²) in [5.74, 6) is 0.678. The molecule has 0 N–H and O–H groups in total. The first-order valence-electron chi connectivity index (χ1n) is 7.49. The molecule has 0 saturated heterocycles. The van der Waals surface area contributed by atoms with E-state index in [1.54, 1.807) is 20.3 Å². The number of benzene rings is 1. The number of ketones is 1. The Hall–Kier alpha value is -2.17. The molecule has 0 bridgehead atoms. The SMILES string of the molecule is COC1=CC(/C=C/C(=O)c2ccccc2)C=CC1(OC)N(C)C. The molecule has 0 heterocycles. The summed E-state index contributed by atoms with van der Waals surface area (Å²) in [5, 5.41) is 0. The van der Waals surface area contributed by atoms with E-state index in [0.717, 1.165) is 0 Å². The van der Waals surface area contributed by atoms with Gasteiger partial charge in [0.15, 0.2) is 11.5 Å². The van der Waals surface area contributed by atoms with Crippen molar-refractivity contribution in [3.63, 3.8) is 0 Å². The fourth-order valence-electron chi connectivity index (χ4n) is 2.63. The molecule has 0 aromatic heterocycles. The number of carbonyl (C=O) groups excluding carboxylic acids is 1. The molecule has 2 atom stereocenters. The van der Waals surface area contributed by atoms with Gasteiger partial charge in [0.1, 0.15) is 5.76 Å². The first-order chi connectivity index (χ1) is 11.0. The number of likely N-dealkylation sites (N-methyl/N-ethyl adjacent to an activating group) is 1. The van der Waals surface area contributed by atoms with Crippen LogP contribution in [0, 0.1) is 5.92 Å². The number of nitrogens with zero attached hydrogens (tertiary/aromatic N) is 1. The summed E-state index contributed by atoms with van der Waals surface area (Å²) in [7, 11) is 7.12. The minimum absolute atomic E-state index is 0.0115. The van der Waals surface area contributed by atoms with Crippen LogP contribution in [0.15, 0.2) is 66.5 Å². The average Bonchev–Trinajstić information content (AvgIpc) is 2.59. The van der Waals surface area contributed by atoms with Crippen molar-refractivity contribution in [3.05, 3.63) is 72.0 Å². The summed E-state index contributed by atoms with van der Waals surface area (Å²) in [4.78, 5) is 14.1. The monoisotopic (exact) mass is 313 g/mol. The van der Waals surface area contributed by atoms with E-state index in [9.17, 15) is 4.79 Å². The molecule has 0 radical (unpaired) electrons. The largest absolute Gasteiger partial charge is 0.496 e. The zero-order valence-electron chi connectivity index (χ0n) is 14.0. The summed E-state index contributed by atoms with van der Waals surface area (Å²) in [6.07, 6.45) is 9.37. The van der Waals surface area contributed by atoms with Gasteiger partial charge in [-0.3, -0.25) is 9.69 Å². The molecule has 4 heteroatoms. The predicted octanol–water partition coefficient (Wildman–Crippen LogP) is 3.05. The van der Waals surface area contributed by atoms with Crippen molar-refractivity contribution in [2.75, 3.05) is 28.3 Å². The van der Waals surface area contributed by atoms with Crippen LogP contribution < -0.4 is 0 Å². The zero-order chi connectivity index (χ0) is 16.9. The third-order valence-corrected chi connectivity index (χ3v) is 3.96. The van der Waals surface area contributed by atoms with Crippen LogP contribution in [0.1, 0.15) is 10.4 Å². The second-order valence-corrected chi connectivity index (χ2v) is 5.56. The van der Waals surface area contributed by atoms with Gasteiger partial charge in [0.05, 0.1) is 7.11 Å². The Morgan fingerprint density at radius 2 is 1.91 bits per heavy atom. The van der Waals surface area contributed by atoms with Crippen LogP contribution in [-0.4, -0.2) is 44.7 Å². The lowest BCUT2D eigenvalue weighted by molar-refractivity contribution is -0.0783. The van der Waals surface area contributed by atoms with Crippen LogP contribution in [0.2, 0.25) is 0 Å². The Bertz CT molecular complexity index is 631. The van der Waals surface area contributed by atoms with Crippen molar-refractivity contribution >= 4 is 5.78 Å². The summed E-state index contributed by atoms with van der Waals surface area (Å²) in [6, 6.07) is 9.22. The highest BCUT2D eigenvalue weighted by molar-refractivity contribution is 6.04. The number of allylic oxidation sites excluding steroid dienone is 4. The second-order valence-electron chi connectivity index (χ2n) is 5.56. The van der Waals surface area contributed by atoms with Gasteiger partial charge >= 0.3 is 0 Å². The molecule has 23 heavy (non-hydrogen) atoms. The van der Waals surface area contributed by atoms with E-state index in [0.29, 0.717) is 11.3 Å². The molecule has 1 aliphatic rings. The molecular formula is C19H23NO3. The number of hydrogen-bond acceptors (Lipinski definition) is 4. The van der Waals surface area contributed by atoms with E-state index >= 15 is 0 Å². The molecule has 0 spiro atoms. The van der Waals surface area contributed by atoms with Crippen molar-refractivity contribution in [2.45, 2.75) is 5.72 Å². The van der Waals surface area contributed by atoms with E-state index in [2.05, 4.69) is 0 Å². The highest BCUT2D eigenvalue weighted by Crippen LogP contribution is 2.32. The number of carbonyl (C=O) groups is 1. The van der Waals surface area contributed by atoms with Crippen LogP contribution >= 0.6 is 0 Å². The number of methoxy groups -OCH3 is 2. The lowest BCUT2D eigenvalue weighted by Crippen LogP contribution is -2.47. The number of hydrogen-bond donors (Lipinski definition) is 0. The molecule has 0 saturated carbocycles. The fraction of sp³-hybridized carbons (Fsp3) is 0.316. The molecule has 1 aromatic rings. The third-order valence-electron chi connectivity index (χ3n) is 3.96. The van der Waals surface area contributed by atoms with Crippen LogP contribution in [-0.2, 0) is 9.47 Å². The maximum absolute atomic E-state index is 12.1. The Morgan fingerprint density at radius 1 is 1.22 bits per heavy atom. The summed E-state index contributed by atoms with van der Waals surface area (Å²) in [5.41, 5.74) is -0.0262. The van der Waals surface area contributed by atoms with Crippen molar-refractivity contribution in [2.24, 2.45) is 5.92 Å². The van der Waals surface area contributed by atoms with Gasteiger partial charge in [0.2, 0.25) is 0 Å². The lowest BCUT2D eigenvalue weighted by Gasteiger charge is -2.39. The van der Waals surface area contributed by atoms with Gasteiger partial charge in [-0.1, -0.05) is 42.5 Å². The van der Waals surface area contributed by atoms with E-state index < -0.39 is 5.72 Å². The topological polar surface area (TPSA) is 38.8 Å². The first kappa shape index (κ1) is 17.2. The molecular weight excluding hydrogens is 290 g/mol. The Labute approximate surface area is 137 Å². The normalized spacial score (nSPS) is 24.0. The molecule has 0 amide bonds. The van der Waals surface area contributed by atoms with Gasteiger partial charge in [-0.2, -0.15) is 0 Å². The van der Waals surface area contributed by atoms with Crippen LogP contribution in [0.25, 0.3) is 0 Å². The van der Waals surface area contributed by atoms with Gasteiger partial charge < -0.3 is 9.47 Å². The van der Waals surface area contributed by atoms with E-state index in [1.165, 1.54) is 0 Å². The fourth-order valence-corrected chi connectivity index (χ4v) is 2.63. The van der Waals surface area contributed by atoms with E-state index in [4.69, 9.17) is 9.47 Å². The highest BCUT2D eigenvalue weighted by Gasteiger charge is 2.38. The van der Waals surface area contributed by atoms with Gasteiger partial charge in [0.25, 0.3) is 0 Å². The summed E-state index contributed by atoms with van der Waals surface area (Å²) < 4.78 is 11.1. The van der Waals surface area contributed by atoms with Gasteiger partial charge in [0, 0.05) is 18.6 Å². The molecule has 0 fully saturated rings. The maximum atomic E-state index is 12.1. The summed E-state index contributed by atoms with van der Waals surface area (Å²) >= 11 is 0. The highest BCUT2D eigenvalue weighted by atomic mass is 16.5. The average molecular weight is 313 g/mol. The predicted molar refractivity (Wildman–Crippen MR) is 91.1 cm³/mol. The van der Waals surface area contributed by atoms with E-state index in [-0.39, 0.29) is 11.7 Å². The smallest absolute Gasteiger partial charge is 0.198 e. The van der Waals surface area contributed by atoms with Crippen LogP contribution in [0.4, 0.5) is 0 Å². The number of ether oxygens (including phenoxy) is 2. The van der Waals surface area contributed by atoms with Crippen molar-refractivity contribution in [3.8, 4) is 0 Å². The molecule has 122 valence electrons. The van der Waals surface area contributed by atoms with Gasteiger partial charge in [-0.25, -0.2) is 0 Å². The van der Waals surface area contributed by atoms with Crippen molar-refractivity contribution < 1.29 is 14.3 Å². The molecule has 0 aliphatic heterocycles. The zero-order valence-corrected chi connectivity index (χ0v) is 14.0. The van der Waals surface area contributed by atoms with Crippen molar-refractivity contribution in [1.82, 2.24) is 4.90 Å². The standard InChI is InChI=1S/C19H23NO3/c1-20(2)19(23-4)13-12-15(14-18(19)22-3)10-11-17(21)16-8-6-5-7-9-16/h5-15H,1-4H3/b11-10+. The minimum Gasteiger partial charge on any atom is -0.496 e.